The Hall–Kier alpha value is -5.48. The molecular formula is C36H33NO9. The van der Waals surface area contributed by atoms with Crippen LogP contribution in [0.5, 0.6) is 11.5 Å². The van der Waals surface area contributed by atoms with Crippen LogP contribution in [-0.4, -0.2) is 67.8 Å². The largest absolute Gasteiger partial charge is 0.493 e. The molecule has 1 saturated heterocycles. The molecule has 0 unspecified atom stereocenters. The van der Waals surface area contributed by atoms with Gasteiger partial charge in [0.2, 0.25) is 0 Å². The molecule has 10 heteroatoms. The lowest BCUT2D eigenvalue weighted by Crippen LogP contribution is -2.42. The number of likely N-dealkylation sites (tertiary alicyclic amines) is 1. The topological polar surface area (TPSA) is 118 Å². The fourth-order valence-corrected chi connectivity index (χ4v) is 5.41. The normalized spacial score (nSPS) is 19.1. The summed E-state index contributed by atoms with van der Waals surface area (Å²) in [7, 11) is 3.20. The Kier molecular flexibility index (Phi) is 10.1. The number of benzene rings is 4. The molecule has 0 bridgehead atoms. The molecule has 46 heavy (non-hydrogen) atoms. The van der Waals surface area contributed by atoms with Crippen LogP contribution in [-0.2, 0) is 19.0 Å². The Bertz CT molecular complexity index is 1680. The van der Waals surface area contributed by atoms with Crippen LogP contribution in [0.15, 0.2) is 109 Å². The second-order valence-corrected chi connectivity index (χ2v) is 10.6. The van der Waals surface area contributed by atoms with Crippen molar-refractivity contribution in [2.75, 3.05) is 20.8 Å². The van der Waals surface area contributed by atoms with Crippen molar-refractivity contribution >= 4 is 23.9 Å². The number of likely N-dealkylation sites (N-methyl/N-ethyl adjacent to an activating group) is 1. The second-order valence-electron chi connectivity index (χ2n) is 10.6. The summed E-state index contributed by atoms with van der Waals surface area (Å²) in [6, 6.07) is 28.9. The fraction of sp³-hybridized carbons (Fsp3) is 0.222. The molecule has 4 atom stereocenters. The van der Waals surface area contributed by atoms with Gasteiger partial charge in [0.15, 0.2) is 23.7 Å². The maximum absolute atomic E-state index is 13.5. The zero-order valence-electron chi connectivity index (χ0n) is 25.5. The number of esters is 4. The molecule has 0 radical (unpaired) electrons. The van der Waals surface area contributed by atoms with E-state index in [9.17, 15) is 19.2 Å². The molecule has 0 N–H and O–H groups in total. The number of nitrogens with zero attached hydrogens (tertiary/aromatic N) is 1. The number of hydrogen-bond acceptors (Lipinski definition) is 10. The van der Waals surface area contributed by atoms with Crippen molar-refractivity contribution in [1.82, 2.24) is 4.90 Å². The van der Waals surface area contributed by atoms with Crippen molar-refractivity contribution in [1.29, 1.82) is 0 Å². The molecule has 0 spiro atoms. The highest BCUT2D eigenvalue weighted by molar-refractivity contribution is 5.92. The summed E-state index contributed by atoms with van der Waals surface area (Å²) in [5, 5.41) is 0. The van der Waals surface area contributed by atoms with Crippen LogP contribution in [0.1, 0.15) is 49.6 Å². The van der Waals surface area contributed by atoms with E-state index in [2.05, 4.69) is 0 Å². The van der Waals surface area contributed by atoms with E-state index in [-0.39, 0.29) is 12.4 Å². The number of ether oxygens (including phenoxy) is 5. The van der Waals surface area contributed by atoms with Crippen molar-refractivity contribution in [2.24, 2.45) is 0 Å². The smallest absolute Gasteiger partial charge is 0.343 e. The first-order valence-corrected chi connectivity index (χ1v) is 14.6. The molecule has 0 amide bonds. The van der Waals surface area contributed by atoms with Gasteiger partial charge >= 0.3 is 23.9 Å². The van der Waals surface area contributed by atoms with Gasteiger partial charge < -0.3 is 23.7 Å². The van der Waals surface area contributed by atoms with Crippen LogP contribution in [0.2, 0.25) is 0 Å². The third-order valence-corrected chi connectivity index (χ3v) is 7.68. The van der Waals surface area contributed by atoms with E-state index in [1.165, 1.54) is 14.0 Å². The summed E-state index contributed by atoms with van der Waals surface area (Å²) >= 11 is 0. The predicted octanol–water partition coefficient (Wildman–Crippen LogP) is 5.28. The Labute approximate surface area is 266 Å². The van der Waals surface area contributed by atoms with Gasteiger partial charge in [-0.2, -0.15) is 0 Å². The summed E-state index contributed by atoms with van der Waals surface area (Å²) in [6.45, 7) is 1.13. The van der Waals surface area contributed by atoms with Crippen molar-refractivity contribution < 1.29 is 42.9 Å². The van der Waals surface area contributed by atoms with E-state index >= 15 is 0 Å². The highest BCUT2D eigenvalue weighted by Crippen LogP contribution is 2.42. The Morgan fingerprint density at radius 1 is 0.652 bits per heavy atom. The fourth-order valence-electron chi connectivity index (χ4n) is 5.41. The lowest BCUT2D eigenvalue weighted by Gasteiger charge is -2.27. The molecule has 1 heterocycles. The minimum absolute atomic E-state index is 0.136. The highest BCUT2D eigenvalue weighted by Gasteiger charge is 2.53. The summed E-state index contributed by atoms with van der Waals surface area (Å²) in [5.41, 5.74) is 1.51. The molecular weight excluding hydrogens is 590 g/mol. The minimum atomic E-state index is -1.07. The lowest BCUT2D eigenvalue weighted by molar-refractivity contribution is -0.143. The number of rotatable bonds is 10. The van der Waals surface area contributed by atoms with Gasteiger partial charge in [-0.1, -0.05) is 60.7 Å². The first-order valence-electron chi connectivity index (χ1n) is 14.6. The molecule has 0 saturated carbocycles. The van der Waals surface area contributed by atoms with E-state index in [0.29, 0.717) is 28.0 Å². The second kappa shape index (κ2) is 14.5. The summed E-state index contributed by atoms with van der Waals surface area (Å²) < 4.78 is 28.8. The van der Waals surface area contributed by atoms with Crippen LogP contribution in [0, 0.1) is 0 Å². The molecule has 1 aliphatic heterocycles. The standard InChI is InChI=1S/C36H33NO9/c1-23(38)43-22-28-32(45-35(40)25-15-9-5-10-16-25)33(46-36(41)26-17-11-6-12-18-26)31(37(28)2)27-19-20-29(42-3)30(21-27)44-34(39)24-13-7-4-8-14-24/h4-21,28,31-33H,22H2,1-3H3/t28-,31-,32-,33-/m0/s1. The number of carbonyl (C=O) groups is 4. The van der Waals surface area contributed by atoms with Gasteiger partial charge in [-0.25, -0.2) is 14.4 Å². The van der Waals surface area contributed by atoms with Gasteiger partial charge in [0.25, 0.3) is 0 Å². The molecule has 0 aromatic heterocycles. The summed E-state index contributed by atoms with van der Waals surface area (Å²) in [6.07, 6.45) is -2.14. The molecule has 10 nitrogen and oxygen atoms in total. The third-order valence-electron chi connectivity index (χ3n) is 7.68. The average Bonchev–Trinajstić information content (AvgIpc) is 3.33. The molecule has 1 aliphatic rings. The van der Waals surface area contributed by atoms with Crippen LogP contribution >= 0.6 is 0 Å². The monoisotopic (exact) mass is 623 g/mol. The minimum Gasteiger partial charge on any atom is -0.493 e. The Morgan fingerprint density at radius 3 is 1.65 bits per heavy atom. The van der Waals surface area contributed by atoms with Crippen molar-refractivity contribution in [3.05, 3.63) is 131 Å². The molecule has 236 valence electrons. The summed E-state index contributed by atoms with van der Waals surface area (Å²) in [5.74, 6) is -1.96. The van der Waals surface area contributed by atoms with Crippen LogP contribution in [0.3, 0.4) is 0 Å². The van der Waals surface area contributed by atoms with Gasteiger partial charge in [0, 0.05) is 6.92 Å². The van der Waals surface area contributed by atoms with E-state index in [1.807, 2.05) is 4.90 Å². The molecule has 0 aliphatic carbocycles. The van der Waals surface area contributed by atoms with E-state index < -0.39 is 48.2 Å². The van der Waals surface area contributed by atoms with E-state index in [0.717, 1.165) is 0 Å². The number of hydrogen-bond donors (Lipinski definition) is 0. The lowest BCUT2D eigenvalue weighted by atomic mass is 9.99. The molecule has 5 rings (SSSR count). The van der Waals surface area contributed by atoms with Crippen molar-refractivity contribution in [3.63, 3.8) is 0 Å². The maximum atomic E-state index is 13.5. The summed E-state index contributed by atoms with van der Waals surface area (Å²) in [4.78, 5) is 53.5. The van der Waals surface area contributed by atoms with E-state index in [4.69, 9.17) is 23.7 Å². The van der Waals surface area contributed by atoms with Crippen LogP contribution < -0.4 is 9.47 Å². The van der Waals surface area contributed by atoms with Crippen molar-refractivity contribution in [2.45, 2.75) is 31.2 Å². The zero-order chi connectivity index (χ0) is 32.6. The van der Waals surface area contributed by atoms with E-state index in [1.54, 1.807) is 116 Å². The Morgan fingerprint density at radius 2 is 1.15 bits per heavy atom. The van der Waals surface area contributed by atoms with Gasteiger partial charge in [-0.3, -0.25) is 9.69 Å². The quantitative estimate of drug-likeness (QED) is 0.131. The van der Waals surface area contributed by atoms with Crippen LogP contribution in [0.25, 0.3) is 0 Å². The van der Waals surface area contributed by atoms with Gasteiger partial charge in [-0.05, 0) is 61.1 Å². The first kappa shape index (κ1) is 31.9. The van der Waals surface area contributed by atoms with Gasteiger partial charge in [0.1, 0.15) is 6.61 Å². The SMILES string of the molecule is COc1ccc([C@H]2[C@H](OC(=O)c3ccccc3)[C@@H](OC(=O)c3ccccc3)[C@H](COC(C)=O)N2C)cc1OC(=O)c1ccccc1. The Balaban J connectivity index is 1.56. The highest BCUT2D eigenvalue weighted by atomic mass is 16.6. The average molecular weight is 624 g/mol. The predicted molar refractivity (Wildman–Crippen MR) is 167 cm³/mol. The van der Waals surface area contributed by atoms with Gasteiger partial charge in [0.05, 0.1) is 35.9 Å². The van der Waals surface area contributed by atoms with Gasteiger partial charge in [-0.15, -0.1) is 0 Å². The number of methoxy groups -OCH3 is 1. The molecule has 1 fully saturated rings. The maximum Gasteiger partial charge on any atom is 0.343 e. The van der Waals surface area contributed by atoms with Crippen molar-refractivity contribution in [3.8, 4) is 11.5 Å². The zero-order valence-corrected chi connectivity index (χ0v) is 25.5. The number of carbonyl (C=O) groups excluding carboxylic acids is 4. The molecule has 4 aromatic rings. The molecule has 4 aromatic carbocycles. The van der Waals surface area contributed by atoms with Crippen LogP contribution in [0.4, 0.5) is 0 Å². The first-order chi connectivity index (χ1) is 22.3. The third kappa shape index (κ3) is 7.24.